The summed E-state index contributed by atoms with van der Waals surface area (Å²) in [7, 11) is 2.04. The summed E-state index contributed by atoms with van der Waals surface area (Å²) in [4.78, 5) is 44.1. The zero-order valence-corrected chi connectivity index (χ0v) is 25.8. The second kappa shape index (κ2) is 14.3. The Labute approximate surface area is 250 Å². The SMILES string of the molecule is C/C(=C\c1ccc(C)c(N2CCCC2=O)c1)[C@H]1OC(=O)C[C@H](O)CC[C@H](C)[C@@H](OC(=O)N2CCN(C)CC2)C=C[C@@H]1C. The highest BCUT2D eigenvalue weighted by atomic mass is 16.6. The lowest BCUT2D eigenvalue weighted by Crippen LogP contribution is -2.48. The summed E-state index contributed by atoms with van der Waals surface area (Å²) in [5, 5.41) is 10.6. The molecular formula is C33H47N3O6. The molecule has 9 nitrogen and oxygen atoms in total. The second-order valence-electron chi connectivity index (χ2n) is 12.3. The Morgan fingerprint density at radius 1 is 1.07 bits per heavy atom. The smallest absolute Gasteiger partial charge is 0.410 e. The minimum absolute atomic E-state index is 0.0377. The van der Waals surface area contributed by atoms with Gasteiger partial charge in [0, 0.05) is 50.7 Å². The van der Waals surface area contributed by atoms with E-state index in [1.54, 1.807) is 4.90 Å². The molecule has 0 spiro atoms. The largest absolute Gasteiger partial charge is 0.457 e. The van der Waals surface area contributed by atoms with Gasteiger partial charge in [0.2, 0.25) is 5.91 Å². The predicted octanol–water partition coefficient (Wildman–Crippen LogP) is 4.56. The first-order valence-corrected chi connectivity index (χ1v) is 15.3. The zero-order valence-electron chi connectivity index (χ0n) is 25.8. The minimum Gasteiger partial charge on any atom is -0.457 e. The van der Waals surface area contributed by atoms with Crippen LogP contribution in [0.4, 0.5) is 10.5 Å². The summed E-state index contributed by atoms with van der Waals surface area (Å²) in [6.45, 7) is 11.5. The van der Waals surface area contributed by atoms with Crippen molar-refractivity contribution in [3.05, 3.63) is 47.1 Å². The van der Waals surface area contributed by atoms with Crippen LogP contribution in [0.1, 0.15) is 64.0 Å². The van der Waals surface area contributed by atoms with Crippen molar-refractivity contribution in [1.29, 1.82) is 0 Å². The van der Waals surface area contributed by atoms with E-state index < -0.39 is 24.3 Å². The highest BCUT2D eigenvalue weighted by Gasteiger charge is 2.29. The third-order valence-corrected chi connectivity index (χ3v) is 8.70. The highest BCUT2D eigenvalue weighted by Crippen LogP contribution is 2.29. The molecule has 3 aliphatic rings. The van der Waals surface area contributed by atoms with Gasteiger partial charge in [-0.05, 0) is 74.9 Å². The lowest BCUT2D eigenvalue weighted by Gasteiger charge is -2.33. The van der Waals surface area contributed by atoms with Crippen LogP contribution in [0.2, 0.25) is 0 Å². The van der Waals surface area contributed by atoms with Crippen molar-refractivity contribution in [2.24, 2.45) is 11.8 Å². The number of hydrogen-bond donors (Lipinski definition) is 1. The number of rotatable bonds is 4. The molecule has 0 aliphatic carbocycles. The monoisotopic (exact) mass is 581 g/mol. The summed E-state index contributed by atoms with van der Waals surface area (Å²) in [6.07, 6.45) is 5.99. The summed E-state index contributed by atoms with van der Waals surface area (Å²) < 4.78 is 12.0. The first kappa shape index (κ1) is 31.8. The van der Waals surface area contributed by atoms with Gasteiger partial charge in [0.05, 0.1) is 12.5 Å². The van der Waals surface area contributed by atoms with Crippen LogP contribution in [-0.2, 0) is 19.1 Å². The average Bonchev–Trinajstić information content (AvgIpc) is 3.38. The molecule has 1 N–H and O–H groups in total. The Morgan fingerprint density at radius 2 is 1.81 bits per heavy atom. The molecule has 4 rings (SSSR count). The number of cyclic esters (lactones) is 1. The van der Waals surface area contributed by atoms with E-state index in [4.69, 9.17) is 9.47 Å². The Hall–Kier alpha value is -3.17. The number of benzene rings is 1. The highest BCUT2D eigenvalue weighted by molar-refractivity contribution is 5.96. The van der Waals surface area contributed by atoms with E-state index in [-0.39, 0.29) is 30.3 Å². The molecule has 0 saturated carbocycles. The summed E-state index contributed by atoms with van der Waals surface area (Å²) >= 11 is 0. The molecule has 42 heavy (non-hydrogen) atoms. The molecule has 3 heterocycles. The number of likely N-dealkylation sites (N-methyl/N-ethyl adjacent to an activating group) is 1. The van der Waals surface area contributed by atoms with E-state index in [0.29, 0.717) is 32.4 Å². The molecule has 230 valence electrons. The number of aryl methyl sites for hydroxylation is 1. The molecule has 1 aromatic rings. The van der Waals surface area contributed by atoms with Crippen molar-refractivity contribution in [2.75, 3.05) is 44.7 Å². The molecule has 0 aromatic heterocycles. The van der Waals surface area contributed by atoms with Crippen LogP contribution in [-0.4, -0.2) is 91.0 Å². The number of piperazine rings is 1. The first-order chi connectivity index (χ1) is 20.0. The van der Waals surface area contributed by atoms with Gasteiger partial charge in [-0.3, -0.25) is 9.59 Å². The van der Waals surface area contributed by atoms with Crippen molar-refractivity contribution in [1.82, 2.24) is 9.80 Å². The molecule has 2 amide bonds. The fraction of sp³-hybridized carbons (Fsp3) is 0.606. The van der Waals surface area contributed by atoms with Gasteiger partial charge in [-0.15, -0.1) is 0 Å². The van der Waals surface area contributed by atoms with Crippen molar-refractivity contribution < 1.29 is 29.0 Å². The number of carbonyl (C=O) groups is 3. The third-order valence-electron chi connectivity index (χ3n) is 8.70. The van der Waals surface area contributed by atoms with Gasteiger partial charge >= 0.3 is 12.1 Å². The quantitative estimate of drug-likeness (QED) is 0.411. The Balaban J connectivity index is 1.57. The first-order valence-electron chi connectivity index (χ1n) is 15.3. The van der Waals surface area contributed by atoms with Gasteiger partial charge in [-0.25, -0.2) is 4.79 Å². The molecule has 0 radical (unpaired) electrons. The molecular weight excluding hydrogens is 534 g/mol. The van der Waals surface area contributed by atoms with E-state index in [2.05, 4.69) is 4.90 Å². The Morgan fingerprint density at radius 3 is 2.50 bits per heavy atom. The number of carbonyl (C=O) groups excluding carboxylic acids is 3. The topological polar surface area (TPSA) is 99.6 Å². The second-order valence-corrected chi connectivity index (χ2v) is 12.3. The van der Waals surface area contributed by atoms with Crippen LogP contribution in [0.15, 0.2) is 35.9 Å². The number of hydrogen-bond acceptors (Lipinski definition) is 7. The van der Waals surface area contributed by atoms with Crippen molar-refractivity contribution in [2.45, 2.75) is 78.1 Å². The fourth-order valence-electron chi connectivity index (χ4n) is 5.88. The number of amides is 2. The van der Waals surface area contributed by atoms with Crippen LogP contribution in [0.5, 0.6) is 0 Å². The predicted molar refractivity (Wildman–Crippen MR) is 163 cm³/mol. The Kier molecular flexibility index (Phi) is 10.8. The van der Waals surface area contributed by atoms with Gasteiger partial charge in [0.15, 0.2) is 0 Å². The molecule has 3 aliphatic heterocycles. The zero-order chi connectivity index (χ0) is 30.4. The summed E-state index contributed by atoms with van der Waals surface area (Å²) in [5.74, 6) is -0.564. The molecule has 0 bridgehead atoms. The lowest BCUT2D eigenvalue weighted by molar-refractivity contribution is -0.151. The molecule has 2 saturated heterocycles. The van der Waals surface area contributed by atoms with Crippen molar-refractivity contribution in [3.8, 4) is 0 Å². The molecule has 5 atom stereocenters. The van der Waals surface area contributed by atoms with Crippen LogP contribution < -0.4 is 4.90 Å². The van der Waals surface area contributed by atoms with E-state index in [9.17, 15) is 19.5 Å². The van der Waals surface area contributed by atoms with Crippen LogP contribution >= 0.6 is 0 Å². The van der Waals surface area contributed by atoms with Crippen molar-refractivity contribution in [3.63, 3.8) is 0 Å². The number of esters is 1. The van der Waals surface area contributed by atoms with E-state index in [1.165, 1.54) is 0 Å². The summed E-state index contributed by atoms with van der Waals surface area (Å²) in [6, 6.07) is 6.02. The maximum atomic E-state index is 13.0. The fourth-order valence-corrected chi connectivity index (χ4v) is 5.88. The molecule has 2 fully saturated rings. The standard InChI is InChI=1S/C33H47N3O6/c1-22-8-11-26(20-28(22)36-14-6-7-30(36)38)19-25(4)32-24(3)10-13-29(23(2)9-12-27(37)21-31(39)42-32)41-33(40)35-17-15-34(5)16-18-35/h8,10-11,13,19-20,23-24,27,29,32,37H,6-7,9,12,14-18,21H2,1-5H3/b13-10?,25-19+/t23-,24-,27+,29-,32-/m0/s1. The van der Waals surface area contributed by atoms with Crippen molar-refractivity contribution >= 4 is 29.7 Å². The lowest BCUT2D eigenvalue weighted by atomic mass is 9.91. The number of aliphatic hydroxyl groups excluding tert-OH is 1. The minimum atomic E-state index is -0.838. The van der Waals surface area contributed by atoms with Gasteiger partial charge in [-0.2, -0.15) is 0 Å². The molecule has 0 unspecified atom stereocenters. The third kappa shape index (κ3) is 8.22. The van der Waals surface area contributed by atoms with Gasteiger partial charge < -0.3 is 29.3 Å². The van der Waals surface area contributed by atoms with Crippen LogP contribution in [0.3, 0.4) is 0 Å². The van der Waals surface area contributed by atoms with Gasteiger partial charge in [0.25, 0.3) is 0 Å². The number of aliphatic hydroxyl groups is 1. The van der Waals surface area contributed by atoms with Gasteiger partial charge in [-0.1, -0.05) is 38.1 Å². The summed E-state index contributed by atoms with van der Waals surface area (Å²) in [5.41, 5.74) is 3.70. The van der Waals surface area contributed by atoms with Crippen LogP contribution in [0, 0.1) is 18.8 Å². The van der Waals surface area contributed by atoms with Crippen LogP contribution in [0.25, 0.3) is 6.08 Å². The molecule has 1 aromatic carbocycles. The van der Waals surface area contributed by atoms with Gasteiger partial charge in [0.1, 0.15) is 12.2 Å². The van der Waals surface area contributed by atoms with E-state index in [1.807, 2.05) is 76.1 Å². The maximum absolute atomic E-state index is 13.0. The number of anilines is 1. The number of ether oxygens (including phenoxy) is 2. The maximum Gasteiger partial charge on any atom is 0.410 e. The normalized spacial score (nSPS) is 28.7. The average molecular weight is 582 g/mol. The van der Waals surface area contributed by atoms with E-state index in [0.717, 1.165) is 48.4 Å². The number of nitrogens with zero attached hydrogens (tertiary/aromatic N) is 3. The molecule has 9 heteroatoms. The Bertz CT molecular complexity index is 1190. The van der Waals surface area contributed by atoms with E-state index >= 15 is 0 Å².